The van der Waals surface area contributed by atoms with Gasteiger partial charge in [-0.1, -0.05) is 17.7 Å². The van der Waals surface area contributed by atoms with E-state index in [0.29, 0.717) is 23.2 Å². The van der Waals surface area contributed by atoms with Crippen LogP contribution >= 0.6 is 11.6 Å². The summed E-state index contributed by atoms with van der Waals surface area (Å²) in [5.41, 5.74) is 0.628. The van der Waals surface area contributed by atoms with E-state index < -0.39 is 0 Å². The van der Waals surface area contributed by atoms with E-state index in [9.17, 15) is 4.39 Å². The third-order valence-electron chi connectivity index (χ3n) is 5.80. The summed E-state index contributed by atoms with van der Waals surface area (Å²) >= 11 is 6.12. The molecule has 4 fully saturated rings. The molecule has 0 spiro atoms. The lowest BCUT2D eigenvalue weighted by molar-refractivity contribution is -0.0143. The predicted octanol–water partition coefficient (Wildman–Crippen LogP) is 4.39. The lowest BCUT2D eigenvalue weighted by Gasteiger charge is -2.54. The molecule has 20 heavy (non-hydrogen) atoms. The molecule has 4 bridgehead atoms. The van der Waals surface area contributed by atoms with Gasteiger partial charge in [0.15, 0.2) is 0 Å². The van der Waals surface area contributed by atoms with E-state index in [0.717, 1.165) is 23.7 Å². The fourth-order valence-electron chi connectivity index (χ4n) is 5.18. The van der Waals surface area contributed by atoms with Crippen molar-refractivity contribution in [3.05, 3.63) is 34.6 Å². The Balaban J connectivity index is 1.47. The second-order valence-electron chi connectivity index (χ2n) is 7.04. The summed E-state index contributed by atoms with van der Waals surface area (Å²) in [7, 11) is 0. The summed E-state index contributed by atoms with van der Waals surface area (Å²) in [6.07, 6.45) is 7.01. The molecule has 1 aromatic rings. The maximum Gasteiger partial charge on any atom is 0.129 e. The van der Waals surface area contributed by atoms with Gasteiger partial charge in [-0.3, -0.25) is 0 Å². The molecule has 0 radical (unpaired) electrons. The summed E-state index contributed by atoms with van der Waals surface area (Å²) in [6.45, 7) is 0.568. The number of halogens is 2. The van der Waals surface area contributed by atoms with Gasteiger partial charge < -0.3 is 5.32 Å². The largest absolute Gasteiger partial charge is 0.309 e. The second kappa shape index (κ2) is 4.99. The molecule has 0 amide bonds. The van der Waals surface area contributed by atoms with Crippen molar-refractivity contribution in [2.75, 3.05) is 0 Å². The fraction of sp³-hybridized carbons (Fsp3) is 0.647. The lowest BCUT2D eigenvalue weighted by atomic mass is 9.54. The third-order valence-corrected chi connectivity index (χ3v) is 6.16. The molecule has 1 aromatic carbocycles. The van der Waals surface area contributed by atoms with Crippen LogP contribution in [0.4, 0.5) is 4.39 Å². The molecule has 0 heterocycles. The van der Waals surface area contributed by atoms with E-state index in [2.05, 4.69) is 5.32 Å². The molecule has 4 saturated carbocycles. The zero-order chi connectivity index (χ0) is 13.7. The Kier molecular flexibility index (Phi) is 3.27. The van der Waals surface area contributed by atoms with Crippen molar-refractivity contribution in [1.82, 2.24) is 5.32 Å². The maximum atomic E-state index is 13.8. The van der Waals surface area contributed by atoms with E-state index in [1.54, 1.807) is 12.1 Å². The molecule has 1 nitrogen and oxygen atoms in total. The highest BCUT2D eigenvalue weighted by atomic mass is 35.5. The van der Waals surface area contributed by atoms with Gasteiger partial charge in [0.2, 0.25) is 0 Å². The first-order valence-corrected chi connectivity index (χ1v) is 8.24. The second-order valence-corrected chi connectivity index (χ2v) is 7.44. The maximum absolute atomic E-state index is 13.8. The van der Waals surface area contributed by atoms with E-state index in [1.807, 2.05) is 0 Å². The molecule has 4 aliphatic carbocycles. The summed E-state index contributed by atoms with van der Waals surface area (Å²) in [5, 5.41) is 4.18. The molecule has 1 N–H and O–H groups in total. The van der Waals surface area contributed by atoms with E-state index in [1.165, 1.54) is 38.2 Å². The zero-order valence-corrected chi connectivity index (χ0v) is 12.4. The van der Waals surface area contributed by atoms with Gasteiger partial charge in [0.05, 0.1) is 0 Å². The van der Waals surface area contributed by atoms with Crippen LogP contribution in [-0.4, -0.2) is 6.04 Å². The molecule has 0 aromatic heterocycles. The predicted molar refractivity (Wildman–Crippen MR) is 79.1 cm³/mol. The number of nitrogens with one attached hydrogen (secondary N) is 1. The van der Waals surface area contributed by atoms with Gasteiger partial charge in [-0.2, -0.15) is 0 Å². The SMILES string of the molecule is Fc1cccc(Cl)c1CNC1C2CC3CC(C2)CC1C3. The van der Waals surface area contributed by atoms with Crippen molar-refractivity contribution < 1.29 is 4.39 Å². The van der Waals surface area contributed by atoms with Crippen molar-refractivity contribution in [2.24, 2.45) is 23.7 Å². The van der Waals surface area contributed by atoms with E-state index >= 15 is 0 Å². The highest BCUT2D eigenvalue weighted by Gasteiger charge is 2.47. The Bertz CT molecular complexity index is 467. The van der Waals surface area contributed by atoms with Gasteiger partial charge in [-0.05, 0) is 67.9 Å². The summed E-state index contributed by atoms with van der Waals surface area (Å²) in [6, 6.07) is 5.53. The van der Waals surface area contributed by atoms with Crippen LogP contribution in [0.25, 0.3) is 0 Å². The van der Waals surface area contributed by atoms with Gasteiger partial charge in [0, 0.05) is 23.2 Å². The molecule has 0 aliphatic heterocycles. The minimum Gasteiger partial charge on any atom is -0.309 e. The van der Waals surface area contributed by atoms with E-state index in [-0.39, 0.29) is 5.82 Å². The quantitative estimate of drug-likeness (QED) is 0.871. The molecule has 4 aliphatic rings. The Hall–Kier alpha value is -0.600. The Morgan fingerprint density at radius 3 is 2.30 bits per heavy atom. The van der Waals surface area contributed by atoms with Crippen molar-refractivity contribution in [2.45, 2.75) is 44.7 Å². The first kappa shape index (κ1) is 13.1. The molecular weight excluding hydrogens is 273 g/mol. The van der Waals surface area contributed by atoms with Crippen LogP contribution in [0.3, 0.4) is 0 Å². The molecule has 3 heteroatoms. The topological polar surface area (TPSA) is 12.0 Å². The van der Waals surface area contributed by atoms with Gasteiger partial charge in [-0.25, -0.2) is 4.39 Å². The van der Waals surface area contributed by atoms with Crippen molar-refractivity contribution in [3.63, 3.8) is 0 Å². The Morgan fingerprint density at radius 2 is 1.70 bits per heavy atom. The third kappa shape index (κ3) is 2.17. The van der Waals surface area contributed by atoms with Crippen LogP contribution < -0.4 is 5.32 Å². The van der Waals surface area contributed by atoms with Crippen molar-refractivity contribution >= 4 is 11.6 Å². The summed E-state index contributed by atoms with van der Waals surface area (Å²) < 4.78 is 13.8. The normalized spacial score (nSPS) is 38.4. The molecular formula is C17H21ClFN. The molecule has 0 unspecified atom stereocenters. The standard InChI is InChI=1S/C17H21ClFN/c18-15-2-1-3-16(19)14(15)9-20-17-12-5-10-4-11(7-12)8-13(17)6-10/h1-3,10-13,17,20H,4-9H2. The number of benzene rings is 1. The van der Waals surface area contributed by atoms with Gasteiger partial charge >= 0.3 is 0 Å². The highest BCUT2D eigenvalue weighted by molar-refractivity contribution is 6.31. The van der Waals surface area contributed by atoms with Crippen LogP contribution in [0.1, 0.15) is 37.7 Å². The Morgan fingerprint density at radius 1 is 1.05 bits per heavy atom. The smallest absolute Gasteiger partial charge is 0.129 e. The van der Waals surface area contributed by atoms with Gasteiger partial charge in [0.1, 0.15) is 5.82 Å². The summed E-state index contributed by atoms with van der Waals surface area (Å²) in [4.78, 5) is 0. The molecule has 5 rings (SSSR count). The van der Waals surface area contributed by atoms with Gasteiger partial charge in [-0.15, -0.1) is 0 Å². The van der Waals surface area contributed by atoms with Gasteiger partial charge in [0.25, 0.3) is 0 Å². The average molecular weight is 294 g/mol. The molecule has 0 atom stereocenters. The minimum absolute atomic E-state index is 0.186. The van der Waals surface area contributed by atoms with E-state index in [4.69, 9.17) is 11.6 Å². The molecule has 108 valence electrons. The van der Waals surface area contributed by atoms with Crippen LogP contribution in [-0.2, 0) is 6.54 Å². The minimum atomic E-state index is -0.186. The van der Waals surface area contributed by atoms with Crippen molar-refractivity contribution in [3.8, 4) is 0 Å². The Labute approximate surface area is 124 Å². The fourth-order valence-corrected chi connectivity index (χ4v) is 5.41. The number of hydrogen-bond acceptors (Lipinski definition) is 1. The lowest BCUT2D eigenvalue weighted by Crippen LogP contribution is -2.54. The van der Waals surface area contributed by atoms with Crippen LogP contribution in [0.2, 0.25) is 5.02 Å². The average Bonchev–Trinajstić information content (AvgIpc) is 2.40. The first-order chi connectivity index (χ1) is 9.70. The highest BCUT2D eigenvalue weighted by Crippen LogP contribution is 2.53. The number of hydrogen-bond donors (Lipinski definition) is 1. The monoisotopic (exact) mass is 293 g/mol. The van der Waals surface area contributed by atoms with Crippen LogP contribution in [0.15, 0.2) is 18.2 Å². The zero-order valence-electron chi connectivity index (χ0n) is 11.6. The molecule has 0 saturated heterocycles. The van der Waals surface area contributed by atoms with Crippen molar-refractivity contribution in [1.29, 1.82) is 0 Å². The van der Waals surface area contributed by atoms with Crippen LogP contribution in [0, 0.1) is 29.5 Å². The first-order valence-electron chi connectivity index (χ1n) is 7.87. The number of rotatable bonds is 3. The summed E-state index contributed by atoms with van der Waals surface area (Å²) in [5.74, 6) is 3.41. The van der Waals surface area contributed by atoms with Crippen LogP contribution in [0.5, 0.6) is 0 Å².